The molecular weight excluding hydrogens is 476 g/mol. The second kappa shape index (κ2) is 9.65. The fourth-order valence-corrected chi connectivity index (χ4v) is 5.43. The second-order valence-electron chi connectivity index (χ2n) is 10.3. The van der Waals surface area contributed by atoms with E-state index in [1.165, 1.54) is 18.4 Å². The fourth-order valence-electron chi connectivity index (χ4n) is 5.43. The summed E-state index contributed by atoms with van der Waals surface area (Å²) in [6.45, 7) is 3.58. The van der Waals surface area contributed by atoms with Gasteiger partial charge < -0.3 is 24.7 Å². The maximum Gasteiger partial charge on any atom is 0.250 e. The lowest BCUT2D eigenvalue weighted by Gasteiger charge is -2.29. The zero-order valence-corrected chi connectivity index (χ0v) is 21.2. The van der Waals surface area contributed by atoms with Crippen molar-refractivity contribution in [2.75, 3.05) is 36.5 Å². The van der Waals surface area contributed by atoms with Gasteiger partial charge in [-0.2, -0.15) is 0 Å². The normalized spacial score (nSPS) is 16.4. The quantitative estimate of drug-likeness (QED) is 0.318. The van der Waals surface area contributed by atoms with E-state index in [2.05, 4.69) is 50.5 Å². The van der Waals surface area contributed by atoms with Crippen LogP contribution in [0.4, 0.5) is 11.4 Å². The molecule has 1 saturated heterocycles. The van der Waals surface area contributed by atoms with Crippen molar-refractivity contribution in [2.24, 2.45) is 0 Å². The van der Waals surface area contributed by atoms with Gasteiger partial charge in [-0.3, -0.25) is 9.78 Å². The summed E-state index contributed by atoms with van der Waals surface area (Å²) in [7, 11) is 0. The molecule has 2 N–H and O–H groups in total. The first-order valence-corrected chi connectivity index (χ1v) is 13.4. The van der Waals surface area contributed by atoms with Gasteiger partial charge in [-0.05, 0) is 72.4 Å². The van der Waals surface area contributed by atoms with E-state index in [9.17, 15) is 4.79 Å². The van der Waals surface area contributed by atoms with Gasteiger partial charge in [0.05, 0.1) is 31.1 Å². The molecule has 38 heavy (non-hydrogen) atoms. The Morgan fingerprint density at radius 1 is 1.00 bits per heavy atom. The Morgan fingerprint density at radius 2 is 1.89 bits per heavy atom. The summed E-state index contributed by atoms with van der Waals surface area (Å²) in [6.07, 6.45) is 5.27. The molecular formula is C31H30N4O3. The number of para-hydroxylation sites is 1. The predicted octanol–water partition coefficient (Wildman–Crippen LogP) is 5.46. The number of ether oxygens (including phenoxy) is 2. The van der Waals surface area contributed by atoms with Crippen LogP contribution >= 0.6 is 0 Å². The van der Waals surface area contributed by atoms with Crippen LogP contribution in [0.5, 0.6) is 11.5 Å². The van der Waals surface area contributed by atoms with Crippen molar-refractivity contribution in [1.29, 1.82) is 0 Å². The number of anilines is 2. The highest BCUT2D eigenvalue weighted by molar-refractivity contribution is 5.74. The maximum atomic E-state index is 12.6. The molecule has 0 bridgehead atoms. The smallest absolute Gasteiger partial charge is 0.250 e. The third-order valence-electron chi connectivity index (χ3n) is 7.61. The number of H-pyrrole nitrogens is 1. The highest BCUT2D eigenvalue weighted by Gasteiger charge is 2.24. The highest BCUT2D eigenvalue weighted by atomic mass is 16.5. The van der Waals surface area contributed by atoms with Gasteiger partial charge in [-0.25, -0.2) is 0 Å². The molecule has 2 aromatic heterocycles. The molecule has 0 unspecified atom stereocenters. The van der Waals surface area contributed by atoms with E-state index in [0.29, 0.717) is 19.8 Å². The number of hydrogen-bond donors (Lipinski definition) is 2. The highest BCUT2D eigenvalue weighted by Crippen LogP contribution is 2.43. The SMILES string of the molecule is O=c1cc(N2CCOCC2)cc(-c2cccc3c2Oc2ccc(NCc4cc(C5CC5)ccn4)cc2C3)[nH]1. The maximum absolute atomic E-state index is 12.6. The zero-order valence-electron chi connectivity index (χ0n) is 21.2. The Hall–Kier alpha value is -4.10. The van der Waals surface area contributed by atoms with Crippen molar-refractivity contribution in [2.45, 2.75) is 31.7 Å². The van der Waals surface area contributed by atoms with Crippen molar-refractivity contribution < 1.29 is 9.47 Å². The van der Waals surface area contributed by atoms with Crippen LogP contribution < -0.4 is 20.5 Å². The lowest BCUT2D eigenvalue weighted by atomic mass is 9.96. The summed E-state index contributed by atoms with van der Waals surface area (Å²) >= 11 is 0. The van der Waals surface area contributed by atoms with Crippen LogP contribution in [0.25, 0.3) is 11.3 Å². The summed E-state index contributed by atoms with van der Waals surface area (Å²) in [6, 6.07) is 20.4. The van der Waals surface area contributed by atoms with Crippen molar-refractivity contribution in [1.82, 2.24) is 9.97 Å². The van der Waals surface area contributed by atoms with Gasteiger partial charge in [0.15, 0.2) is 0 Å². The minimum atomic E-state index is -0.120. The third kappa shape index (κ3) is 4.65. The van der Waals surface area contributed by atoms with E-state index >= 15 is 0 Å². The van der Waals surface area contributed by atoms with Crippen molar-refractivity contribution in [3.63, 3.8) is 0 Å². The molecule has 7 rings (SSSR count). The van der Waals surface area contributed by atoms with E-state index in [4.69, 9.17) is 9.47 Å². The van der Waals surface area contributed by atoms with E-state index in [1.54, 1.807) is 6.07 Å². The first-order valence-electron chi connectivity index (χ1n) is 13.4. The van der Waals surface area contributed by atoms with Crippen LogP contribution in [0.3, 0.4) is 0 Å². The Bertz CT molecular complexity index is 1550. The molecule has 2 aliphatic heterocycles. The van der Waals surface area contributed by atoms with E-state index in [-0.39, 0.29) is 5.56 Å². The average molecular weight is 507 g/mol. The van der Waals surface area contributed by atoms with Gasteiger partial charge in [0.25, 0.3) is 0 Å². The van der Waals surface area contributed by atoms with E-state index in [0.717, 1.165) is 76.4 Å². The average Bonchev–Trinajstić information content (AvgIpc) is 3.81. The Morgan fingerprint density at radius 3 is 2.76 bits per heavy atom. The number of aromatic amines is 1. The first kappa shape index (κ1) is 23.0. The minimum absolute atomic E-state index is 0.120. The van der Waals surface area contributed by atoms with Gasteiger partial charge in [0, 0.05) is 54.3 Å². The summed E-state index contributed by atoms with van der Waals surface area (Å²) in [5.74, 6) is 2.37. The molecule has 3 aliphatic rings. The van der Waals surface area contributed by atoms with Crippen LogP contribution in [0.1, 0.15) is 41.1 Å². The summed E-state index contributed by atoms with van der Waals surface area (Å²) in [5, 5.41) is 3.53. The number of rotatable bonds is 6. The zero-order chi connectivity index (χ0) is 25.5. The molecule has 4 aromatic rings. The van der Waals surface area contributed by atoms with Crippen LogP contribution in [0, 0.1) is 0 Å². The molecule has 0 radical (unpaired) electrons. The van der Waals surface area contributed by atoms with Gasteiger partial charge in [0.1, 0.15) is 11.5 Å². The number of aromatic nitrogens is 2. The Kier molecular flexibility index (Phi) is 5.85. The van der Waals surface area contributed by atoms with Crippen LogP contribution in [-0.2, 0) is 17.7 Å². The molecule has 4 heterocycles. The summed E-state index contributed by atoms with van der Waals surface area (Å²) < 4.78 is 11.9. The van der Waals surface area contributed by atoms with Crippen LogP contribution in [-0.4, -0.2) is 36.3 Å². The van der Waals surface area contributed by atoms with Crippen molar-refractivity contribution >= 4 is 11.4 Å². The monoisotopic (exact) mass is 506 g/mol. The Labute approximate surface area is 221 Å². The number of hydrogen-bond acceptors (Lipinski definition) is 6. The fraction of sp³-hybridized carbons (Fsp3) is 0.290. The van der Waals surface area contributed by atoms with Gasteiger partial charge in [-0.1, -0.05) is 12.1 Å². The number of pyridine rings is 2. The number of nitrogens with zero attached hydrogens (tertiary/aromatic N) is 2. The van der Waals surface area contributed by atoms with Crippen LogP contribution in [0.2, 0.25) is 0 Å². The number of fused-ring (bicyclic) bond motifs is 2. The van der Waals surface area contributed by atoms with Gasteiger partial charge in [0.2, 0.25) is 5.56 Å². The molecule has 192 valence electrons. The van der Waals surface area contributed by atoms with Gasteiger partial charge >= 0.3 is 0 Å². The lowest BCUT2D eigenvalue weighted by Crippen LogP contribution is -2.36. The number of benzene rings is 2. The summed E-state index contributed by atoms with van der Waals surface area (Å²) in [5.41, 5.74) is 8.19. The standard InChI is InChI=1S/C31H30N4O3/c36-30-18-26(35-10-12-37-13-11-35)17-28(34-30)27-3-1-2-22-14-23-16-24(6-7-29(23)38-31(22)27)33-19-25-15-21(8-9-32-25)20-4-5-20/h1-3,6-9,15-18,20,33H,4-5,10-14,19H2,(H,34,36). The third-order valence-corrected chi connectivity index (χ3v) is 7.61. The predicted molar refractivity (Wildman–Crippen MR) is 148 cm³/mol. The Balaban J connectivity index is 1.12. The minimum Gasteiger partial charge on any atom is -0.456 e. The number of morpholine rings is 1. The molecule has 7 nitrogen and oxygen atoms in total. The molecule has 1 aliphatic carbocycles. The van der Waals surface area contributed by atoms with Crippen molar-refractivity contribution in [3.8, 4) is 22.8 Å². The molecule has 0 atom stereocenters. The lowest BCUT2D eigenvalue weighted by molar-refractivity contribution is 0.122. The summed E-state index contributed by atoms with van der Waals surface area (Å²) in [4.78, 5) is 22.3. The van der Waals surface area contributed by atoms with Crippen molar-refractivity contribution in [3.05, 3.63) is 99.6 Å². The second-order valence-corrected chi connectivity index (χ2v) is 10.3. The topological polar surface area (TPSA) is 79.5 Å². The van der Waals surface area contributed by atoms with Crippen LogP contribution in [0.15, 0.2) is 71.7 Å². The molecule has 1 saturated carbocycles. The molecule has 2 aromatic carbocycles. The molecule has 2 fully saturated rings. The molecule has 0 amide bonds. The number of nitrogens with one attached hydrogen (secondary N) is 2. The van der Waals surface area contributed by atoms with E-state index < -0.39 is 0 Å². The largest absolute Gasteiger partial charge is 0.456 e. The molecule has 0 spiro atoms. The van der Waals surface area contributed by atoms with E-state index in [1.807, 2.05) is 30.5 Å². The first-order chi connectivity index (χ1) is 18.7. The van der Waals surface area contributed by atoms with Gasteiger partial charge in [-0.15, -0.1) is 0 Å². The molecule has 7 heteroatoms.